The van der Waals surface area contributed by atoms with Gasteiger partial charge in [-0.3, -0.25) is 14.9 Å². The predicted molar refractivity (Wildman–Crippen MR) is 174 cm³/mol. The monoisotopic (exact) mass is 629 g/mol. The lowest BCUT2D eigenvalue weighted by Gasteiger charge is -2.24. The van der Waals surface area contributed by atoms with Crippen LogP contribution >= 0.6 is 0 Å². The summed E-state index contributed by atoms with van der Waals surface area (Å²) in [5, 5.41) is 0. The van der Waals surface area contributed by atoms with Crippen molar-refractivity contribution in [2.24, 2.45) is 0 Å². The van der Waals surface area contributed by atoms with Gasteiger partial charge in [0.05, 0.1) is 42.5 Å². The molecule has 0 saturated heterocycles. The molecule has 0 unspecified atom stereocenters. The Morgan fingerprint density at radius 2 is 1.89 bits per heavy atom. The van der Waals surface area contributed by atoms with E-state index < -0.39 is 13.7 Å². The van der Waals surface area contributed by atoms with E-state index in [-0.39, 0.29) is 6.09 Å². The maximum atomic E-state index is 12.9. The van der Waals surface area contributed by atoms with Gasteiger partial charge in [-0.15, -0.1) is 0 Å². The third-order valence-electron chi connectivity index (χ3n) is 7.84. The van der Waals surface area contributed by atoms with Crippen molar-refractivity contribution in [2.75, 3.05) is 13.2 Å². The van der Waals surface area contributed by atoms with Crippen LogP contribution in [0.1, 0.15) is 43.7 Å². The van der Waals surface area contributed by atoms with Crippen LogP contribution in [0.2, 0.25) is 25.7 Å². The molecule has 11 nitrogen and oxygen atoms in total. The SMILES string of the molecule is Cc1cccc(-c2nc3n(c2-c2ccnc(-c4nc5c(n4COCC[Si](C)(C)C)CN(C(=O)OC(C)(C)C)C5)c2)CCOC3)n1. The molecule has 2 aliphatic rings. The number of fused-ring (bicyclic) bond motifs is 2. The van der Waals surface area contributed by atoms with Gasteiger partial charge in [-0.2, -0.15) is 0 Å². The Bertz CT molecular complexity index is 1720. The van der Waals surface area contributed by atoms with Crippen molar-refractivity contribution in [3.8, 4) is 34.2 Å². The second-order valence-corrected chi connectivity index (χ2v) is 19.6. The van der Waals surface area contributed by atoms with Gasteiger partial charge < -0.3 is 23.3 Å². The molecule has 0 atom stereocenters. The van der Waals surface area contributed by atoms with Crippen LogP contribution in [-0.2, 0) is 47.2 Å². The first-order valence-electron chi connectivity index (χ1n) is 15.6. The lowest BCUT2D eigenvalue weighted by molar-refractivity contribution is 0.0232. The third-order valence-corrected chi connectivity index (χ3v) is 9.54. The molecule has 45 heavy (non-hydrogen) atoms. The van der Waals surface area contributed by atoms with Crippen molar-refractivity contribution in [2.45, 2.75) is 92.0 Å². The Balaban J connectivity index is 1.38. The standard InChI is InChI=1S/C33H43N7O4Si/c1-22-9-8-10-24(35-22)29-30(39-13-14-42-20-28(39)37-29)23-11-12-34-25(17-23)31-36-26-18-38(32(41)44-33(2,3)4)19-27(26)40(31)21-43-15-16-45(5,6)7/h8-12,17H,13-16,18-21H2,1-7H3. The topological polar surface area (TPSA) is 109 Å². The highest BCUT2D eigenvalue weighted by atomic mass is 28.3. The van der Waals surface area contributed by atoms with Crippen molar-refractivity contribution in [3.05, 3.63) is 59.4 Å². The molecule has 0 aromatic carbocycles. The number of aromatic nitrogens is 6. The normalized spacial score (nSPS) is 14.9. The van der Waals surface area contributed by atoms with E-state index in [1.165, 1.54) is 0 Å². The van der Waals surface area contributed by atoms with Crippen LogP contribution in [0, 0.1) is 6.92 Å². The molecule has 0 fully saturated rings. The molecule has 0 aliphatic carbocycles. The van der Waals surface area contributed by atoms with Gasteiger partial charge in [0.1, 0.15) is 36.2 Å². The first-order chi connectivity index (χ1) is 21.4. The number of amides is 1. The smallest absolute Gasteiger partial charge is 0.410 e. The van der Waals surface area contributed by atoms with E-state index in [9.17, 15) is 4.79 Å². The minimum Gasteiger partial charge on any atom is -0.444 e. The van der Waals surface area contributed by atoms with Crippen LogP contribution in [0.4, 0.5) is 4.79 Å². The summed E-state index contributed by atoms with van der Waals surface area (Å²) >= 11 is 0. The maximum absolute atomic E-state index is 12.9. The first-order valence-corrected chi connectivity index (χ1v) is 19.3. The molecule has 0 N–H and O–H groups in total. The molecule has 2 aliphatic heterocycles. The number of imidazole rings is 2. The fraction of sp³-hybridized carbons (Fsp3) is 0.485. The molecule has 0 radical (unpaired) electrons. The zero-order valence-corrected chi connectivity index (χ0v) is 28.4. The average Bonchev–Trinajstić information content (AvgIpc) is 3.66. The Kier molecular flexibility index (Phi) is 8.40. The Morgan fingerprint density at radius 1 is 1.07 bits per heavy atom. The van der Waals surface area contributed by atoms with Gasteiger partial charge in [-0.1, -0.05) is 25.7 Å². The Hall–Kier alpha value is -3.87. The number of nitrogens with zero attached hydrogens (tertiary/aromatic N) is 7. The lowest BCUT2D eigenvalue weighted by atomic mass is 10.1. The summed E-state index contributed by atoms with van der Waals surface area (Å²) in [7, 11) is -1.27. The van der Waals surface area contributed by atoms with Crippen molar-refractivity contribution >= 4 is 14.2 Å². The number of hydrogen-bond acceptors (Lipinski definition) is 8. The molecule has 12 heteroatoms. The number of carbonyl (C=O) groups excluding carboxylic acids is 1. The molecule has 0 bridgehead atoms. The highest BCUT2D eigenvalue weighted by Crippen LogP contribution is 2.36. The first kappa shape index (κ1) is 31.1. The summed E-state index contributed by atoms with van der Waals surface area (Å²) in [6, 6.07) is 11.1. The van der Waals surface area contributed by atoms with Gasteiger partial charge in [0, 0.05) is 38.7 Å². The maximum Gasteiger partial charge on any atom is 0.410 e. The molecular weight excluding hydrogens is 586 g/mol. The summed E-state index contributed by atoms with van der Waals surface area (Å²) in [6.07, 6.45) is 1.47. The molecule has 0 saturated carbocycles. The molecule has 4 aromatic heterocycles. The number of hydrogen-bond donors (Lipinski definition) is 0. The molecular formula is C33H43N7O4Si. The van der Waals surface area contributed by atoms with E-state index in [0.717, 1.165) is 63.1 Å². The van der Waals surface area contributed by atoms with E-state index in [1.54, 1.807) is 4.90 Å². The number of rotatable bonds is 8. The fourth-order valence-electron chi connectivity index (χ4n) is 5.60. The van der Waals surface area contributed by atoms with Crippen molar-refractivity contribution < 1.29 is 19.0 Å². The molecule has 6 rings (SSSR count). The highest BCUT2D eigenvalue weighted by Gasteiger charge is 2.33. The minimum atomic E-state index is -1.27. The van der Waals surface area contributed by atoms with Crippen LogP contribution in [0.25, 0.3) is 34.2 Å². The molecule has 238 valence electrons. The molecule has 0 spiro atoms. The summed E-state index contributed by atoms with van der Waals surface area (Å²) in [5.41, 5.74) is 6.47. The summed E-state index contributed by atoms with van der Waals surface area (Å²) in [5.74, 6) is 1.60. The quantitative estimate of drug-likeness (QED) is 0.166. The van der Waals surface area contributed by atoms with Gasteiger partial charge in [-0.05, 0) is 58.0 Å². The number of pyridine rings is 2. The van der Waals surface area contributed by atoms with Crippen molar-refractivity contribution in [1.29, 1.82) is 0 Å². The zero-order valence-electron chi connectivity index (χ0n) is 27.4. The molecule has 1 amide bonds. The number of carbonyl (C=O) groups is 1. The largest absolute Gasteiger partial charge is 0.444 e. The highest BCUT2D eigenvalue weighted by molar-refractivity contribution is 6.76. The van der Waals surface area contributed by atoms with Crippen molar-refractivity contribution in [3.63, 3.8) is 0 Å². The van der Waals surface area contributed by atoms with E-state index in [0.29, 0.717) is 46.2 Å². The van der Waals surface area contributed by atoms with Crippen LogP contribution in [0.5, 0.6) is 0 Å². The lowest BCUT2D eigenvalue weighted by Crippen LogP contribution is -2.34. The van der Waals surface area contributed by atoms with Crippen molar-refractivity contribution in [1.82, 2.24) is 34.0 Å². The number of aryl methyl sites for hydroxylation is 1. The summed E-state index contributed by atoms with van der Waals surface area (Å²) < 4.78 is 21.9. The van der Waals surface area contributed by atoms with Crippen LogP contribution < -0.4 is 0 Å². The second kappa shape index (κ2) is 12.1. The van der Waals surface area contributed by atoms with Gasteiger partial charge in [-0.25, -0.2) is 14.8 Å². The second-order valence-electron chi connectivity index (χ2n) is 14.0. The average molecular weight is 630 g/mol. The van der Waals surface area contributed by atoms with Crippen LogP contribution in [0.15, 0.2) is 36.5 Å². The van der Waals surface area contributed by atoms with Gasteiger partial charge in [0.2, 0.25) is 0 Å². The molecule has 6 heterocycles. The van der Waals surface area contributed by atoms with E-state index >= 15 is 0 Å². The minimum absolute atomic E-state index is 0.327. The van der Waals surface area contributed by atoms with Crippen LogP contribution in [-0.4, -0.2) is 67.0 Å². The van der Waals surface area contributed by atoms with Crippen LogP contribution in [0.3, 0.4) is 0 Å². The fourth-order valence-corrected chi connectivity index (χ4v) is 6.35. The van der Waals surface area contributed by atoms with E-state index in [4.69, 9.17) is 34.1 Å². The van der Waals surface area contributed by atoms with Gasteiger partial charge in [0.25, 0.3) is 0 Å². The predicted octanol–water partition coefficient (Wildman–Crippen LogP) is 6.27. The number of ether oxygens (including phenoxy) is 3. The van der Waals surface area contributed by atoms with E-state index in [2.05, 4.69) is 34.8 Å². The summed E-state index contributed by atoms with van der Waals surface area (Å²) in [6.45, 7) is 18.2. The molecule has 4 aromatic rings. The Labute approximate surface area is 265 Å². The van der Waals surface area contributed by atoms with E-state index in [1.807, 2.05) is 58.2 Å². The van der Waals surface area contributed by atoms with Gasteiger partial charge in [0.15, 0.2) is 5.82 Å². The Morgan fingerprint density at radius 3 is 2.64 bits per heavy atom. The summed E-state index contributed by atoms with van der Waals surface area (Å²) in [4.78, 5) is 34.2. The third kappa shape index (κ3) is 6.87. The van der Waals surface area contributed by atoms with Gasteiger partial charge >= 0.3 is 6.09 Å². The zero-order chi connectivity index (χ0) is 31.9.